The number of aliphatic hydroxyl groups excluding tert-OH is 1. The van der Waals surface area contributed by atoms with Gasteiger partial charge < -0.3 is 5.11 Å². The fourth-order valence-electron chi connectivity index (χ4n) is 1.27. The number of hydrogen-bond donors (Lipinski definition) is 1. The second kappa shape index (κ2) is 4.69. The first-order chi connectivity index (χ1) is 6.22. The van der Waals surface area contributed by atoms with Gasteiger partial charge in [-0.3, -0.25) is 0 Å². The molecule has 1 aromatic rings. The molecular weight excluding hydrogens is 160 g/mol. The molecule has 1 heteroatoms. The van der Waals surface area contributed by atoms with Gasteiger partial charge in [0, 0.05) is 12.0 Å². The van der Waals surface area contributed by atoms with Crippen LogP contribution >= 0.6 is 0 Å². The predicted octanol–water partition coefficient (Wildman–Crippen LogP) is 2.04. The highest BCUT2D eigenvalue weighted by Gasteiger charge is 1.90. The Labute approximate surface area is 79.4 Å². The minimum atomic E-state index is 0.137. The highest BCUT2D eigenvalue weighted by atomic mass is 16.2. The molecule has 0 aliphatic heterocycles. The third-order valence-corrected chi connectivity index (χ3v) is 1.69. The van der Waals surface area contributed by atoms with Crippen LogP contribution in [-0.2, 0) is 0 Å². The molecule has 0 atom stereocenters. The molecule has 0 heterocycles. The molecule has 0 unspecified atom stereocenters. The third-order valence-electron chi connectivity index (χ3n) is 1.69. The van der Waals surface area contributed by atoms with Crippen LogP contribution in [0.2, 0.25) is 0 Å². The maximum absolute atomic E-state index is 8.55. The summed E-state index contributed by atoms with van der Waals surface area (Å²) < 4.78 is 0. The molecule has 1 nitrogen and oxygen atoms in total. The molecule has 1 rings (SSSR count). The van der Waals surface area contributed by atoms with Gasteiger partial charge in [0.1, 0.15) is 0 Å². The van der Waals surface area contributed by atoms with Crippen LogP contribution in [0.15, 0.2) is 18.2 Å². The van der Waals surface area contributed by atoms with Crippen molar-refractivity contribution in [3.63, 3.8) is 0 Å². The van der Waals surface area contributed by atoms with E-state index in [1.54, 1.807) is 0 Å². The summed E-state index contributed by atoms with van der Waals surface area (Å²) in [7, 11) is 0. The average Bonchev–Trinajstić information content (AvgIpc) is 2.03. The van der Waals surface area contributed by atoms with Crippen LogP contribution in [-0.4, -0.2) is 11.7 Å². The predicted molar refractivity (Wildman–Crippen MR) is 54.5 cm³/mol. The normalized spacial score (nSPS) is 9.15. The van der Waals surface area contributed by atoms with E-state index in [0.717, 1.165) is 5.56 Å². The lowest BCUT2D eigenvalue weighted by Gasteiger charge is -1.97. The minimum Gasteiger partial charge on any atom is -0.395 e. The molecule has 0 radical (unpaired) electrons. The molecule has 1 aromatic carbocycles. The van der Waals surface area contributed by atoms with E-state index in [1.807, 2.05) is 0 Å². The zero-order valence-electron chi connectivity index (χ0n) is 8.09. The first kappa shape index (κ1) is 9.83. The molecule has 0 amide bonds. The lowest BCUT2D eigenvalue weighted by Crippen LogP contribution is -1.82. The Morgan fingerprint density at radius 2 is 1.77 bits per heavy atom. The van der Waals surface area contributed by atoms with Gasteiger partial charge in [-0.05, 0) is 37.1 Å². The third kappa shape index (κ3) is 3.31. The Morgan fingerprint density at radius 3 is 2.31 bits per heavy atom. The molecule has 0 aliphatic carbocycles. The van der Waals surface area contributed by atoms with E-state index in [2.05, 4.69) is 43.9 Å². The fourth-order valence-corrected chi connectivity index (χ4v) is 1.27. The minimum absolute atomic E-state index is 0.137. The van der Waals surface area contributed by atoms with Crippen molar-refractivity contribution in [2.75, 3.05) is 6.61 Å². The molecule has 0 saturated carbocycles. The zero-order chi connectivity index (χ0) is 9.68. The molecule has 68 valence electrons. The van der Waals surface area contributed by atoms with Crippen molar-refractivity contribution in [1.82, 2.24) is 0 Å². The molecule has 1 N–H and O–H groups in total. The molecule has 13 heavy (non-hydrogen) atoms. The van der Waals surface area contributed by atoms with Crippen LogP contribution < -0.4 is 0 Å². The van der Waals surface area contributed by atoms with Crippen molar-refractivity contribution >= 4 is 0 Å². The second-order valence-electron chi connectivity index (χ2n) is 3.15. The quantitative estimate of drug-likeness (QED) is 0.646. The summed E-state index contributed by atoms with van der Waals surface area (Å²) >= 11 is 0. The first-order valence-electron chi connectivity index (χ1n) is 4.40. The van der Waals surface area contributed by atoms with Crippen LogP contribution in [0.1, 0.15) is 23.1 Å². The summed E-state index contributed by atoms with van der Waals surface area (Å²) in [5.41, 5.74) is 3.49. The highest BCUT2D eigenvalue weighted by Crippen LogP contribution is 2.07. The molecule has 0 aliphatic rings. The van der Waals surface area contributed by atoms with Crippen molar-refractivity contribution in [2.45, 2.75) is 20.3 Å². The molecule has 0 fully saturated rings. The molecule has 0 aromatic heterocycles. The SMILES string of the molecule is Cc1cc(C)cc(C#CCCO)c1. The second-order valence-corrected chi connectivity index (χ2v) is 3.15. The van der Waals surface area contributed by atoms with E-state index < -0.39 is 0 Å². The van der Waals surface area contributed by atoms with E-state index >= 15 is 0 Å². The van der Waals surface area contributed by atoms with Crippen LogP contribution in [0, 0.1) is 25.7 Å². The topological polar surface area (TPSA) is 20.2 Å². The fraction of sp³-hybridized carbons (Fsp3) is 0.333. The Morgan fingerprint density at radius 1 is 1.15 bits per heavy atom. The van der Waals surface area contributed by atoms with Crippen molar-refractivity contribution in [3.05, 3.63) is 34.9 Å². The summed E-state index contributed by atoms with van der Waals surface area (Å²) in [6.45, 7) is 4.26. The van der Waals surface area contributed by atoms with E-state index in [9.17, 15) is 0 Å². The van der Waals surface area contributed by atoms with Crippen LogP contribution in [0.25, 0.3) is 0 Å². The monoisotopic (exact) mass is 174 g/mol. The molecule has 0 bridgehead atoms. The standard InChI is InChI=1S/C12H14O/c1-10-7-11(2)9-12(8-10)5-3-4-6-13/h7-9,13H,4,6H2,1-2H3. The van der Waals surface area contributed by atoms with Crippen molar-refractivity contribution in [2.24, 2.45) is 0 Å². The number of rotatable bonds is 1. The van der Waals surface area contributed by atoms with Crippen LogP contribution in [0.5, 0.6) is 0 Å². The Hall–Kier alpha value is -1.26. The number of benzene rings is 1. The smallest absolute Gasteiger partial charge is 0.0540 e. The van der Waals surface area contributed by atoms with Gasteiger partial charge in [0.15, 0.2) is 0 Å². The maximum Gasteiger partial charge on any atom is 0.0540 e. The van der Waals surface area contributed by atoms with E-state index in [-0.39, 0.29) is 6.61 Å². The van der Waals surface area contributed by atoms with Crippen molar-refractivity contribution < 1.29 is 5.11 Å². The lowest BCUT2D eigenvalue weighted by molar-refractivity contribution is 0.305. The van der Waals surface area contributed by atoms with Crippen LogP contribution in [0.3, 0.4) is 0 Å². The number of aryl methyl sites for hydroxylation is 2. The van der Waals surface area contributed by atoms with E-state index in [1.165, 1.54) is 11.1 Å². The summed E-state index contributed by atoms with van der Waals surface area (Å²) in [5.74, 6) is 5.92. The first-order valence-corrected chi connectivity index (χ1v) is 4.40. The van der Waals surface area contributed by atoms with E-state index in [0.29, 0.717) is 6.42 Å². The van der Waals surface area contributed by atoms with Crippen molar-refractivity contribution in [3.8, 4) is 11.8 Å². The van der Waals surface area contributed by atoms with Gasteiger partial charge in [0.25, 0.3) is 0 Å². The van der Waals surface area contributed by atoms with Gasteiger partial charge in [-0.1, -0.05) is 17.9 Å². The van der Waals surface area contributed by atoms with Crippen LogP contribution in [0.4, 0.5) is 0 Å². The van der Waals surface area contributed by atoms with E-state index in [4.69, 9.17) is 5.11 Å². The Kier molecular flexibility index (Phi) is 3.54. The Bertz CT molecular complexity index is 322. The zero-order valence-corrected chi connectivity index (χ0v) is 8.09. The summed E-state index contributed by atoms with van der Waals surface area (Å²) in [5, 5.41) is 8.55. The number of hydrogen-bond acceptors (Lipinski definition) is 1. The maximum atomic E-state index is 8.55. The van der Waals surface area contributed by atoms with Crippen molar-refractivity contribution in [1.29, 1.82) is 0 Å². The molecule has 0 spiro atoms. The van der Waals surface area contributed by atoms with Gasteiger partial charge in [0.05, 0.1) is 6.61 Å². The lowest BCUT2D eigenvalue weighted by atomic mass is 10.1. The largest absolute Gasteiger partial charge is 0.395 e. The van der Waals surface area contributed by atoms with Gasteiger partial charge >= 0.3 is 0 Å². The summed E-state index contributed by atoms with van der Waals surface area (Å²) in [4.78, 5) is 0. The van der Waals surface area contributed by atoms with Gasteiger partial charge in [-0.25, -0.2) is 0 Å². The van der Waals surface area contributed by atoms with Gasteiger partial charge in [0.2, 0.25) is 0 Å². The van der Waals surface area contributed by atoms with Gasteiger partial charge in [-0.2, -0.15) is 0 Å². The Balaban J connectivity index is 2.85. The summed E-state index contributed by atoms with van der Waals surface area (Å²) in [6, 6.07) is 6.23. The van der Waals surface area contributed by atoms with Gasteiger partial charge in [-0.15, -0.1) is 0 Å². The number of aliphatic hydroxyl groups is 1. The molecular formula is C12H14O. The summed E-state index contributed by atoms with van der Waals surface area (Å²) in [6.07, 6.45) is 0.549. The highest BCUT2D eigenvalue weighted by molar-refractivity contribution is 5.39. The molecule has 0 saturated heterocycles. The average molecular weight is 174 g/mol.